The number of benzene rings is 1. The third-order valence-electron chi connectivity index (χ3n) is 2.92. The van der Waals surface area contributed by atoms with Gasteiger partial charge in [-0.25, -0.2) is 0 Å². The molecule has 0 amide bonds. The molecule has 2 rings (SSSR count). The van der Waals surface area contributed by atoms with E-state index in [9.17, 15) is 0 Å². The van der Waals surface area contributed by atoms with Crippen LogP contribution in [-0.2, 0) is 0 Å². The first-order valence-electron chi connectivity index (χ1n) is 5.53. The molecule has 0 bridgehead atoms. The van der Waals surface area contributed by atoms with Crippen LogP contribution in [0.25, 0.3) is 0 Å². The molecule has 0 atom stereocenters. The lowest BCUT2D eigenvalue weighted by Gasteiger charge is -2.30. The number of nitrogens with two attached hydrogens (primary N) is 1. The van der Waals surface area contributed by atoms with Gasteiger partial charge in [-0.3, -0.25) is 0 Å². The van der Waals surface area contributed by atoms with Crippen molar-refractivity contribution in [3.63, 3.8) is 0 Å². The minimum absolute atomic E-state index is 0.420. The summed E-state index contributed by atoms with van der Waals surface area (Å²) in [6, 6.07) is 5.77. The van der Waals surface area contributed by atoms with Crippen LogP contribution < -0.4 is 10.6 Å². The van der Waals surface area contributed by atoms with Gasteiger partial charge in [0.15, 0.2) is 0 Å². The number of anilines is 1. The van der Waals surface area contributed by atoms with Gasteiger partial charge in [-0.2, -0.15) is 0 Å². The van der Waals surface area contributed by atoms with E-state index < -0.39 is 0 Å². The summed E-state index contributed by atoms with van der Waals surface area (Å²) in [6.45, 7) is 2.16. The van der Waals surface area contributed by atoms with Crippen molar-refractivity contribution in [3.8, 4) is 0 Å². The topological polar surface area (TPSA) is 29.3 Å². The van der Waals surface area contributed by atoms with Crippen LogP contribution in [0.15, 0.2) is 18.2 Å². The third kappa shape index (κ3) is 2.47. The van der Waals surface area contributed by atoms with E-state index in [4.69, 9.17) is 29.6 Å². The Labute approximate surface area is 106 Å². The van der Waals surface area contributed by atoms with Crippen LogP contribution in [0.3, 0.4) is 0 Å². The van der Waals surface area contributed by atoms with Crippen molar-refractivity contribution in [1.82, 2.24) is 0 Å². The summed E-state index contributed by atoms with van der Waals surface area (Å²) < 4.78 is 0. The zero-order valence-corrected chi connectivity index (χ0v) is 10.7. The Morgan fingerprint density at radius 2 is 1.94 bits per heavy atom. The molecule has 0 aromatic heterocycles. The van der Waals surface area contributed by atoms with Gasteiger partial charge in [-0.1, -0.05) is 23.8 Å². The largest absolute Gasteiger partial charge is 0.389 e. The highest BCUT2D eigenvalue weighted by atomic mass is 35.5. The lowest BCUT2D eigenvalue weighted by Crippen LogP contribution is -2.31. The second kappa shape index (κ2) is 5.02. The fourth-order valence-corrected chi connectivity index (χ4v) is 2.45. The Kier molecular flexibility index (Phi) is 3.66. The lowest BCUT2D eigenvalue weighted by molar-refractivity contribution is 0.577. The van der Waals surface area contributed by atoms with Crippen molar-refractivity contribution >= 4 is 34.5 Å². The van der Waals surface area contributed by atoms with E-state index in [2.05, 4.69) is 4.90 Å². The zero-order chi connectivity index (χ0) is 11.5. The Morgan fingerprint density at radius 3 is 2.56 bits per heavy atom. The van der Waals surface area contributed by atoms with Crippen LogP contribution in [0.1, 0.15) is 24.8 Å². The Hall–Kier alpha value is -0.800. The summed E-state index contributed by atoms with van der Waals surface area (Å²) in [4.78, 5) is 2.76. The molecule has 1 fully saturated rings. The van der Waals surface area contributed by atoms with Crippen LogP contribution in [0.4, 0.5) is 5.69 Å². The first-order chi connectivity index (χ1) is 7.68. The van der Waals surface area contributed by atoms with E-state index in [1.165, 1.54) is 19.3 Å². The van der Waals surface area contributed by atoms with Crippen LogP contribution >= 0.6 is 23.8 Å². The predicted octanol–water partition coefficient (Wildman–Crippen LogP) is 2.96. The average molecular weight is 255 g/mol. The third-order valence-corrected chi connectivity index (χ3v) is 3.38. The van der Waals surface area contributed by atoms with E-state index in [0.717, 1.165) is 24.3 Å². The molecule has 1 saturated heterocycles. The maximum atomic E-state index is 5.97. The fraction of sp³-hybridized carbons (Fsp3) is 0.417. The van der Waals surface area contributed by atoms with Crippen molar-refractivity contribution in [3.05, 3.63) is 28.8 Å². The summed E-state index contributed by atoms with van der Waals surface area (Å²) in [5.74, 6) is 0. The maximum Gasteiger partial charge on any atom is 0.106 e. The second-order valence-corrected chi connectivity index (χ2v) is 4.95. The number of rotatable bonds is 2. The van der Waals surface area contributed by atoms with Gasteiger partial charge in [0, 0.05) is 29.4 Å². The molecule has 1 aliphatic heterocycles. The lowest BCUT2D eigenvalue weighted by atomic mass is 10.1. The molecule has 0 saturated carbocycles. The number of thiocarbonyl (C=S) groups is 1. The van der Waals surface area contributed by atoms with E-state index in [1.54, 1.807) is 0 Å². The first kappa shape index (κ1) is 11.7. The molecular weight excluding hydrogens is 240 g/mol. The van der Waals surface area contributed by atoms with Gasteiger partial charge in [0.1, 0.15) is 4.99 Å². The molecule has 2 nitrogen and oxygen atoms in total. The van der Waals surface area contributed by atoms with Crippen LogP contribution in [0, 0.1) is 0 Å². The first-order valence-corrected chi connectivity index (χ1v) is 6.31. The standard InChI is InChI=1S/C12H15ClN2S/c13-9-4-5-11(10(8-9)12(14)16)15-6-2-1-3-7-15/h4-5,8H,1-3,6-7H2,(H2,14,16). The molecule has 0 unspecified atom stereocenters. The average Bonchev–Trinajstić information content (AvgIpc) is 2.30. The van der Waals surface area contributed by atoms with Crippen molar-refractivity contribution in [1.29, 1.82) is 0 Å². The van der Waals surface area contributed by atoms with Gasteiger partial charge in [-0.05, 0) is 37.5 Å². The van der Waals surface area contributed by atoms with Crippen LogP contribution in [0.5, 0.6) is 0 Å². The summed E-state index contributed by atoms with van der Waals surface area (Å²) in [7, 11) is 0. The summed E-state index contributed by atoms with van der Waals surface area (Å²) in [6.07, 6.45) is 3.78. The molecule has 2 N–H and O–H groups in total. The zero-order valence-electron chi connectivity index (χ0n) is 9.08. The molecule has 86 valence electrons. The van der Waals surface area contributed by atoms with Gasteiger partial charge < -0.3 is 10.6 Å². The summed E-state index contributed by atoms with van der Waals surface area (Å²) in [5.41, 5.74) is 7.75. The number of nitrogens with zero attached hydrogens (tertiary/aromatic N) is 1. The van der Waals surface area contributed by atoms with E-state index in [0.29, 0.717) is 10.0 Å². The minimum atomic E-state index is 0.420. The summed E-state index contributed by atoms with van der Waals surface area (Å²) >= 11 is 11.0. The van der Waals surface area contributed by atoms with Gasteiger partial charge in [0.2, 0.25) is 0 Å². The van der Waals surface area contributed by atoms with E-state index >= 15 is 0 Å². The second-order valence-electron chi connectivity index (χ2n) is 4.07. The molecule has 0 aliphatic carbocycles. The van der Waals surface area contributed by atoms with Crippen molar-refractivity contribution in [2.24, 2.45) is 5.73 Å². The number of hydrogen-bond acceptors (Lipinski definition) is 2. The Bertz CT molecular complexity index is 400. The highest BCUT2D eigenvalue weighted by Gasteiger charge is 2.15. The molecule has 1 aliphatic rings. The van der Waals surface area contributed by atoms with Crippen molar-refractivity contribution in [2.75, 3.05) is 18.0 Å². The van der Waals surface area contributed by atoms with E-state index in [1.807, 2.05) is 18.2 Å². The molecule has 4 heteroatoms. The SMILES string of the molecule is NC(=S)c1cc(Cl)ccc1N1CCCCC1. The molecular formula is C12H15ClN2S. The summed E-state index contributed by atoms with van der Waals surface area (Å²) in [5, 5.41) is 0.684. The number of piperidine rings is 1. The molecule has 1 heterocycles. The Balaban J connectivity index is 2.34. The van der Waals surface area contributed by atoms with Crippen molar-refractivity contribution < 1.29 is 0 Å². The predicted molar refractivity (Wildman–Crippen MR) is 73.4 cm³/mol. The highest BCUT2D eigenvalue weighted by Crippen LogP contribution is 2.26. The highest BCUT2D eigenvalue weighted by molar-refractivity contribution is 7.80. The van der Waals surface area contributed by atoms with Gasteiger partial charge in [0.05, 0.1) is 0 Å². The van der Waals surface area contributed by atoms with Crippen LogP contribution in [-0.4, -0.2) is 18.1 Å². The smallest absolute Gasteiger partial charge is 0.106 e. The normalized spacial score (nSPS) is 16.2. The van der Waals surface area contributed by atoms with Gasteiger partial charge >= 0.3 is 0 Å². The van der Waals surface area contributed by atoms with Gasteiger partial charge in [0.25, 0.3) is 0 Å². The van der Waals surface area contributed by atoms with E-state index in [-0.39, 0.29) is 0 Å². The quantitative estimate of drug-likeness (QED) is 0.823. The Morgan fingerprint density at radius 1 is 1.25 bits per heavy atom. The number of hydrogen-bond donors (Lipinski definition) is 1. The molecule has 16 heavy (non-hydrogen) atoms. The fourth-order valence-electron chi connectivity index (χ4n) is 2.12. The molecule has 1 aromatic rings. The molecule has 0 spiro atoms. The van der Waals surface area contributed by atoms with Gasteiger partial charge in [-0.15, -0.1) is 0 Å². The minimum Gasteiger partial charge on any atom is -0.389 e. The van der Waals surface area contributed by atoms with Crippen LogP contribution in [0.2, 0.25) is 5.02 Å². The molecule has 0 radical (unpaired) electrons. The van der Waals surface area contributed by atoms with Crippen molar-refractivity contribution in [2.45, 2.75) is 19.3 Å². The molecule has 1 aromatic carbocycles. The maximum absolute atomic E-state index is 5.97. The number of halogens is 1. The monoisotopic (exact) mass is 254 g/mol.